The van der Waals surface area contributed by atoms with Crippen molar-refractivity contribution in [3.63, 3.8) is 0 Å². The minimum Gasteiger partial charge on any atom is -0.481 e. The molecular weight excluding hydrogens is 146 g/mol. The molecule has 1 rings (SSSR count). The van der Waals surface area contributed by atoms with Gasteiger partial charge in [0.1, 0.15) is 0 Å². The molecule has 0 atom stereocenters. The maximum atomic E-state index is 10.5. The minimum atomic E-state index is -0.800. The summed E-state index contributed by atoms with van der Waals surface area (Å²) in [5.41, 5.74) is 4.37. The van der Waals surface area contributed by atoms with Gasteiger partial charge in [0.15, 0.2) is 5.96 Å². The summed E-state index contributed by atoms with van der Waals surface area (Å²) in [6.45, 7) is 0.275. The highest BCUT2D eigenvalue weighted by Crippen LogP contribution is 2.45. The van der Waals surface area contributed by atoms with E-state index in [-0.39, 0.29) is 12.5 Å². The molecule has 0 aromatic rings. The van der Waals surface area contributed by atoms with Crippen molar-refractivity contribution in [2.45, 2.75) is 12.8 Å². The molecule has 0 aliphatic heterocycles. The number of carboxylic acids is 1. The fourth-order valence-corrected chi connectivity index (χ4v) is 0.882. The summed E-state index contributed by atoms with van der Waals surface area (Å²) in [7, 11) is 0. The topological polar surface area (TPSA) is 99.2 Å². The fraction of sp³-hybridized carbons (Fsp3) is 0.667. The van der Waals surface area contributed by atoms with Gasteiger partial charge < -0.3 is 16.2 Å². The molecule has 1 saturated carbocycles. The van der Waals surface area contributed by atoms with Gasteiger partial charge in [0.2, 0.25) is 0 Å². The van der Waals surface area contributed by atoms with Crippen molar-refractivity contribution in [1.29, 1.82) is 5.41 Å². The van der Waals surface area contributed by atoms with Crippen LogP contribution in [0.15, 0.2) is 0 Å². The molecule has 0 bridgehead atoms. The maximum absolute atomic E-state index is 10.5. The zero-order valence-corrected chi connectivity index (χ0v) is 6.05. The lowest BCUT2D eigenvalue weighted by atomic mass is 10.1. The van der Waals surface area contributed by atoms with E-state index in [0.717, 1.165) is 0 Å². The highest BCUT2D eigenvalue weighted by Gasteiger charge is 2.50. The van der Waals surface area contributed by atoms with Crippen molar-refractivity contribution in [1.82, 2.24) is 5.32 Å². The second kappa shape index (κ2) is 2.41. The van der Waals surface area contributed by atoms with Crippen LogP contribution in [0.25, 0.3) is 0 Å². The van der Waals surface area contributed by atoms with Crippen LogP contribution in [0.2, 0.25) is 0 Å². The summed E-state index contributed by atoms with van der Waals surface area (Å²) < 4.78 is 0. The van der Waals surface area contributed by atoms with Gasteiger partial charge in [0.05, 0.1) is 5.41 Å². The van der Waals surface area contributed by atoms with Gasteiger partial charge in [-0.3, -0.25) is 10.2 Å². The van der Waals surface area contributed by atoms with E-state index in [4.69, 9.17) is 16.2 Å². The molecule has 0 heterocycles. The maximum Gasteiger partial charge on any atom is 0.311 e. The van der Waals surface area contributed by atoms with E-state index in [2.05, 4.69) is 5.32 Å². The van der Waals surface area contributed by atoms with Gasteiger partial charge in [0, 0.05) is 6.54 Å². The Morgan fingerprint density at radius 2 is 2.27 bits per heavy atom. The molecule has 0 spiro atoms. The Morgan fingerprint density at radius 3 is 2.55 bits per heavy atom. The van der Waals surface area contributed by atoms with E-state index in [9.17, 15) is 4.79 Å². The van der Waals surface area contributed by atoms with Gasteiger partial charge in [-0.05, 0) is 12.8 Å². The molecule has 5 N–H and O–H groups in total. The standard InChI is InChI=1S/C6H11N3O2/c7-5(8)9-3-6(1-2-6)4(10)11/h1-3H2,(H,10,11)(H4,7,8,9). The molecule has 5 nitrogen and oxygen atoms in total. The van der Waals surface area contributed by atoms with E-state index in [1.54, 1.807) is 0 Å². The van der Waals surface area contributed by atoms with Gasteiger partial charge >= 0.3 is 5.97 Å². The first-order chi connectivity index (χ1) is 5.07. The first kappa shape index (κ1) is 7.84. The normalized spacial score (nSPS) is 18.9. The summed E-state index contributed by atoms with van der Waals surface area (Å²) in [5, 5.41) is 18.0. The molecule has 1 aliphatic carbocycles. The number of hydrogen-bond donors (Lipinski definition) is 4. The van der Waals surface area contributed by atoms with Crippen LogP contribution < -0.4 is 11.1 Å². The number of nitrogens with one attached hydrogen (secondary N) is 2. The lowest BCUT2D eigenvalue weighted by Crippen LogP contribution is -2.37. The molecule has 0 aromatic carbocycles. The van der Waals surface area contributed by atoms with Crippen molar-refractivity contribution in [3.05, 3.63) is 0 Å². The van der Waals surface area contributed by atoms with E-state index in [1.165, 1.54) is 0 Å². The summed E-state index contributed by atoms with van der Waals surface area (Å²) in [4.78, 5) is 10.5. The molecule has 5 heteroatoms. The van der Waals surface area contributed by atoms with Gasteiger partial charge in [-0.2, -0.15) is 0 Å². The zero-order chi connectivity index (χ0) is 8.48. The van der Waals surface area contributed by atoms with Crippen molar-refractivity contribution in [3.8, 4) is 0 Å². The molecule has 0 unspecified atom stereocenters. The smallest absolute Gasteiger partial charge is 0.311 e. The van der Waals surface area contributed by atoms with E-state index in [1.807, 2.05) is 0 Å². The minimum absolute atomic E-state index is 0.169. The molecule has 0 radical (unpaired) electrons. The number of carbonyl (C=O) groups is 1. The zero-order valence-electron chi connectivity index (χ0n) is 6.05. The Bertz CT molecular complexity index is 198. The second-order valence-electron chi connectivity index (χ2n) is 2.85. The third-order valence-corrected chi connectivity index (χ3v) is 1.92. The number of aliphatic carboxylic acids is 1. The molecule has 0 saturated heterocycles. The van der Waals surface area contributed by atoms with Crippen molar-refractivity contribution in [2.24, 2.45) is 11.1 Å². The van der Waals surface area contributed by atoms with Crippen LogP contribution in [0.5, 0.6) is 0 Å². The van der Waals surface area contributed by atoms with Crippen molar-refractivity contribution < 1.29 is 9.90 Å². The first-order valence-corrected chi connectivity index (χ1v) is 3.38. The first-order valence-electron chi connectivity index (χ1n) is 3.38. The monoisotopic (exact) mass is 157 g/mol. The quantitative estimate of drug-likeness (QED) is 0.322. The molecule has 0 amide bonds. The van der Waals surface area contributed by atoms with E-state index in [0.29, 0.717) is 12.8 Å². The molecule has 62 valence electrons. The summed E-state index contributed by atoms with van der Waals surface area (Å²) in [6, 6.07) is 0. The van der Waals surface area contributed by atoms with Gasteiger partial charge in [-0.15, -0.1) is 0 Å². The number of nitrogens with two attached hydrogens (primary N) is 1. The van der Waals surface area contributed by atoms with Gasteiger partial charge in [0.25, 0.3) is 0 Å². The van der Waals surface area contributed by atoms with Crippen LogP contribution in [0, 0.1) is 10.8 Å². The summed E-state index contributed by atoms with van der Waals surface area (Å²) in [5.74, 6) is -0.969. The second-order valence-corrected chi connectivity index (χ2v) is 2.85. The van der Waals surface area contributed by atoms with Gasteiger partial charge in [-0.25, -0.2) is 0 Å². The lowest BCUT2D eigenvalue weighted by Gasteiger charge is -2.09. The van der Waals surface area contributed by atoms with Gasteiger partial charge in [-0.1, -0.05) is 0 Å². The van der Waals surface area contributed by atoms with Crippen molar-refractivity contribution >= 4 is 11.9 Å². The highest BCUT2D eigenvalue weighted by molar-refractivity contribution is 5.80. The molecular formula is C6H11N3O2. The Hall–Kier alpha value is -1.26. The average molecular weight is 157 g/mol. The van der Waals surface area contributed by atoms with Crippen LogP contribution in [-0.4, -0.2) is 23.6 Å². The molecule has 1 aliphatic rings. The van der Waals surface area contributed by atoms with Crippen LogP contribution >= 0.6 is 0 Å². The average Bonchev–Trinajstić information content (AvgIpc) is 2.63. The Kier molecular flexibility index (Phi) is 1.72. The summed E-state index contributed by atoms with van der Waals surface area (Å²) >= 11 is 0. The predicted molar refractivity (Wildman–Crippen MR) is 39.2 cm³/mol. The van der Waals surface area contributed by atoms with Crippen LogP contribution in [0.1, 0.15) is 12.8 Å². The van der Waals surface area contributed by atoms with Crippen LogP contribution in [-0.2, 0) is 4.79 Å². The number of guanidine groups is 1. The van der Waals surface area contributed by atoms with E-state index >= 15 is 0 Å². The lowest BCUT2D eigenvalue weighted by molar-refractivity contribution is -0.143. The molecule has 0 aromatic heterocycles. The fourth-order valence-electron chi connectivity index (χ4n) is 0.882. The summed E-state index contributed by atoms with van der Waals surface area (Å²) in [6.07, 6.45) is 1.37. The number of rotatable bonds is 3. The van der Waals surface area contributed by atoms with Crippen LogP contribution in [0.4, 0.5) is 0 Å². The number of carboxylic acid groups (broad SMARTS) is 1. The number of hydrogen-bond acceptors (Lipinski definition) is 2. The van der Waals surface area contributed by atoms with E-state index < -0.39 is 11.4 Å². The Balaban J connectivity index is 2.36. The largest absolute Gasteiger partial charge is 0.481 e. The van der Waals surface area contributed by atoms with Crippen LogP contribution in [0.3, 0.4) is 0 Å². The SMILES string of the molecule is N=C(N)NCC1(C(=O)O)CC1. The van der Waals surface area contributed by atoms with Crippen molar-refractivity contribution in [2.75, 3.05) is 6.54 Å². The molecule has 11 heavy (non-hydrogen) atoms. The predicted octanol–water partition coefficient (Wildman–Crippen LogP) is -0.666. The highest BCUT2D eigenvalue weighted by atomic mass is 16.4. The Morgan fingerprint density at radius 1 is 1.73 bits per heavy atom. The third kappa shape index (κ3) is 1.60. The Labute approximate surface area is 64.1 Å². The molecule has 1 fully saturated rings. The third-order valence-electron chi connectivity index (χ3n) is 1.92.